The Labute approximate surface area is 148 Å². The van der Waals surface area contributed by atoms with Crippen LogP contribution in [0.1, 0.15) is 45.7 Å². The van der Waals surface area contributed by atoms with Crippen molar-refractivity contribution in [2.75, 3.05) is 6.54 Å². The lowest BCUT2D eigenvalue weighted by Gasteiger charge is -2.22. The highest BCUT2D eigenvalue weighted by atomic mass is 32.1. The summed E-state index contributed by atoms with van der Waals surface area (Å²) in [5, 5.41) is 8.36. The highest BCUT2D eigenvalue weighted by Gasteiger charge is 2.35. The largest absolute Gasteiger partial charge is 0.418 e. The number of amides is 1. The summed E-state index contributed by atoms with van der Waals surface area (Å²) in [5.74, 6) is 0.903. The van der Waals surface area contributed by atoms with Gasteiger partial charge in [0.2, 0.25) is 5.89 Å². The van der Waals surface area contributed by atoms with Gasteiger partial charge in [-0.15, -0.1) is 21.5 Å². The first-order chi connectivity index (χ1) is 12.1. The number of hydrogen-bond donors (Lipinski definition) is 0. The zero-order chi connectivity index (χ0) is 17.4. The summed E-state index contributed by atoms with van der Waals surface area (Å²) in [6.07, 6.45) is 4.72. The van der Waals surface area contributed by atoms with Crippen LogP contribution in [0.2, 0.25) is 0 Å². The molecule has 0 aliphatic carbocycles. The van der Waals surface area contributed by atoms with Crippen molar-refractivity contribution in [1.82, 2.24) is 25.1 Å². The van der Waals surface area contributed by atoms with E-state index in [1.807, 2.05) is 26.0 Å². The molecular weight excluding hydrogens is 338 g/mol. The Morgan fingerprint density at radius 1 is 1.32 bits per heavy atom. The molecule has 3 aromatic rings. The molecule has 4 heterocycles. The van der Waals surface area contributed by atoms with Crippen LogP contribution in [0.15, 0.2) is 29.1 Å². The van der Waals surface area contributed by atoms with Crippen LogP contribution in [0.5, 0.6) is 0 Å². The van der Waals surface area contributed by atoms with Crippen LogP contribution >= 0.6 is 11.3 Å². The van der Waals surface area contributed by atoms with Crippen LogP contribution in [-0.2, 0) is 0 Å². The van der Waals surface area contributed by atoms with Crippen molar-refractivity contribution in [2.45, 2.75) is 32.7 Å². The maximum absolute atomic E-state index is 12.9. The van der Waals surface area contributed by atoms with Crippen molar-refractivity contribution >= 4 is 17.2 Å². The van der Waals surface area contributed by atoms with Gasteiger partial charge in [-0.2, -0.15) is 0 Å². The van der Waals surface area contributed by atoms with Gasteiger partial charge in [0.1, 0.15) is 12.4 Å². The average molecular weight is 355 g/mol. The van der Waals surface area contributed by atoms with Crippen molar-refractivity contribution in [2.24, 2.45) is 0 Å². The standard InChI is InChI=1S/C17H17N5O2S/c1-10-5-6-14(25-10)16-21-20-15(24-16)13-4-3-7-22(13)17(23)12-8-18-9-19-11(12)2/h5-6,8-9,13H,3-4,7H2,1-2H3. The molecule has 0 N–H and O–H groups in total. The molecule has 0 spiro atoms. The SMILES string of the molecule is Cc1ccc(-c2nnc(C3CCCN3C(=O)c3cncnc3C)o2)s1. The fourth-order valence-electron chi connectivity index (χ4n) is 3.04. The molecule has 1 fully saturated rings. The lowest BCUT2D eigenvalue weighted by Crippen LogP contribution is -2.31. The number of nitrogens with zero attached hydrogens (tertiary/aromatic N) is 5. The monoisotopic (exact) mass is 355 g/mol. The van der Waals surface area contributed by atoms with Gasteiger partial charge < -0.3 is 9.32 Å². The quantitative estimate of drug-likeness (QED) is 0.717. The van der Waals surface area contributed by atoms with E-state index >= 15 is 0 Å². The van der Waals surface area contributed by atoms with Crippen LogP contribution in [0, 0.1) is 13.8 Å². The third kappa shape index (κ3) is 2.93. The smallest absolute Gasteiger partial charge is 0.257 e. The minimum absolute atomic E-state index is 0.0904. The first-order valence-electron chi connectivity index (χ1n) is 8.11. The van der Waals surface area contributed by atoms with Gasteiger partial charge in [0.15, 0.2) is 0 Å². The van der Waals surface area contributed by atoms with Crippen molar-refractivity contribution in [1.29, 1.82) is 0 Å². The van der Waals surface area contributed by atoms with Gasteiger partial charge in [0.05, 0.1) is 16.1 Å². The fraction of sp³-hybridized carbons (Fsp3) is 0.353. The second-order valence-corrected chi connectivity index (χ2v) is 7.32. The Kier molecular flexibility index (Phi) is 4.04. The van der Waals surface area contributed by atoms with Crippen LogP contribution in [0.3, 0.4) is 0 Å². The topological polar surface area (TPSA) is 85.0 Å². The molecule has 1 amide bonds. The maximum atomic E-state index is 12.9. The molecule has 0 aromatic carbocycles. The van der Waals surface area contributed by atoms with E-state index in [0.29, 0.717) is 29.6 Å². The molecule has 0 saturated carbocycles. The lowest BCUT2D eigenvalue weighted by atomic mass is 10.2. The maximum Gasteiger partial charge on any atom is 0.257 e. The number of likely N-dealkylation sites (tertiary alicyclic amines) is 1. The Hall–Kier alpha value is -2.61. The molecule has 7 nitrogen and oxygen atoms in total. The summed E-state index contributed by atoms with van der Waals surface area (Å²) in [6.45, 7) is 4.50. The van der Waals surface area contributed by atoms with Gasteiger partial charge in [-0.25, -0.2) is 9.97 Å². The van der Waals surface area contributed by atoms with Crippen LogP contribution in [0.4, 0.5) is 0 Å². The number of aromatic nitrogens is 4. The average Bonchev–Trinajstić information content (AvgIpc) is 3.34. The van der Waals surface area contributed by atoms with Gasteiger partial charge >= 0.3 is 0 Å². The predicted molar refractivity (Wildman–Crippen MR) is 92.1 cm³/mol. The van der Waals surface area contributed by atoms with Crippen molar-refractivity contribution in [3.8, 4) is 10.8 Å². The molecule has 0 radical (unpaired) electrons. The minimum atomic E-state index is -0.200. The van der Waals surface area contributed by atoms with Gasteiger partial charge in [-0.3, -0.25) is 4.79 Å². The molecule has 1 atom stereocenters. The molecule has 8 heteroatoms. The van der Waals surface area contributed by atoms with E-state index in [1.165, 1.54) is 11.2 Å². The third-order valence-electron chi connectivity index (χ3n) is 4.33. The Balaban J connectivity index is 1.61. The van der Waals surface area contributed by atoms with Gasteiger partial charge in [-0.05, 0) is 38.8 Å². The zero-order valence-corrected chi connectivity index (χ0v) is 14.8. The summed E-state index contributed by atoms with van der Waals surface area (Å²) < 4.78 is 5.88. The van der Waals surface area contributed by atoms with Crippen LogP contribution in [-0.4, -0.2) is 37.5 Å². The molecular formula is C17H17N5O2S. The van der Waals surface area contributed by atoms with Gasteiger partial charge in [-0.1, -0.05) is 0 Å². The van der Waals surface area contributed by atoms with E-state index in [-0.39, 0.29) is 11.9 Å². The normalized spacial score (nSPS) is 17.2. The zero-order valence-electron chi connectivity index (χ0n) is 14.0. The van der Waals surface area contributed by atoms with Crippen LogP contribution < -0.4 is 0 Å². The lowest BCUT2D eigenvalue weighted by molar-refractivity contribution is 0.0714. The summed E-state index contributed by atoms with van der Waals surface area (Å²) in [6, 6.07) is 3.79. The number of aryl methyl sites for hydroxylation is 2. The van der Waals surface area contributed by atoms with Gasteiger partial charge in [0, 0.05) is 17.6 Å². The van der Waals surface area contributed by atoms with Crippen molar-refractivity contribution in [3.05, 3.63) is 46.7 Å². The van der Waals surface area contributed by atoms with Crippen molar-refractivity contribution in [3.63, 3.8) is 0 Å². The van der Waals surface area contributed by atoms with Gasteiger partial charge in [0.25, 0.3) is 11.8 Å². The number of thiophene rings is 1. The summed E-state index contributed by atoms with van der Waals surface area (Å²) in [5.41, 5.74) is 1.19. The molecule has 1 unspecified atom stereocenters. The van der Waals surface area contributed by atoms with E-state index in [4.69, 9.17) is 4.42 Å². The van der Waals surface area contributed by atoms with E-state index in [2.05, 4.69) is 20.2 Å². The minimum Gasteiger partial charge on any atom is -0.418 e. The molecule has 1 aliphatic heterocycles. The van der Waals surface area contributed by atoms with E-state index in [0.717, 1.165) is 17.7 Å². The molecule has 1 saturated heterocycles. The fourth-order valence-corrected chi connectivity index (χ4v) is 3.83. The third-order valence-corrected chi connectivity index (χ3v) is 5.32. The first-order valence-corrected chi connectivity index (χ1v) is 8.93. The number of rotatable bonds is 3. The second-order valence-electron chi connectivity index (χ2n) is 6.03. The molecule has 128 valence electrons. The highest BCUT2D eigenvalue weighted by molar-refractivity contribution is 7.15. The molecule has 1 aliphatic rings. The summed E-state index contributed by atoms with van der Waals surface area (Å²) >= 11 is 1.61. The Bertz CT molecular complexity index is 919. The van der Waals surface area contributed by atoms with E-state index < -0.39 is 0 Å². The summed E-state index contributed by atoms with van der Waals surface area (Å²) in [7, 11) is 0. The number of hydrogen-bond acceptors (Lipinski definition) is 7. The van der Waals surface area contributed by atoms with Crippen molar-refractivity contribution < 1.29 is 9.21 Å². The van der Waals surface area contributed by atoms with E-state index in [9.17, 15) is 4.79 Å². The summed E-state index contributed by atoms with van der Waals surface area (Å²) in [4.78, 5) is 24.9. The Morgan fingerprint density at radius 2 is 2.20 bits per heavy atom. The number of carbonyl (C=O) groups excluding carboxylic acids is 1. The molecule has 0 bridgehead atoms. The van der Waals surface area contributed by atoms with E-state index in [1.54, 1.807) is 22.4 Å². The molecule has 4 rings (SSSR count). The highest BCUT2D eigenvalue weighted by Crippen LogP contribution is 2.35. The Morgan fingerprint density at radius 3 is 2.96 bits per heavy atom. The molecule has 25 heavy (non-hydrogen) atoms. The number of carbonyl (C=O) groups is 1. The van der Waals surface area contributed by atoms with Crippen LogP contribution in [0.25, 0.3) is 10.8 Å². The second kappa shape index (κ2) is 6.36. The predicted octanol–water partition coefficient (Wildman–Crippen LogP) is 3.18. The first kappa shape index (κ1) is 15.9. The molecule has 3 aromatic heterocycles.